The number of nitrogen functional groups attached to an aromatic ring is 1. The number of rotatable bonds is 5. The van der Waals surface area contributed by atoms with Crippen LogP contribution in [0.3, 0.4) is 0 Å². The number of nitrogens with one attached hydrogen (secondary N) is 1. The average Bonchev–Trinajstić information content (AvgIpc) is 2.84. The Kier molecular flexibility index (Phi) is 5.13. The van der Waals surface area contributed by atoms with E-state index in [2.05, 4.69) is 15.5 Å². The summed E-state index contributed by atoms with van der Waals surface area (Å²) in [4.78, 5) is 12.1. The van der Waals surface area contributed by atoms with Gasteiger partial charge in [0.25, 0.3) is 0 Å². The van der Waals surface area contributed by atoms with Crippen LogP contribution in [0.2, 0.25) is 0 Å². The van der Waals surface area contributed by atoms with Gasteiger partial charge in [-0.05, 0) is 31.5 Å². The van der Waals surface area contributed by atoms with Gasteiger partial charge in [-0.1, -0.05) is 35.2 Å². The summed E-state index contributed by atoms with van der Waals surface area (Å²) in [6.07, 6.45) is 0. The maximum Gasteiger partial charge on any atom is 0.233 e. The molecule has 2 aromatic rings. The molecule has 1 aromatic heterocycles. The number of hydrogen-bond acceptors (Lipinski definition) is 6. The van der Waals surface area contributed by atoms with Crippen LogP contribution in [-0.4, -0.2) is 21.4 Å². The predicted molar refractivity (Wildman–Crippen MR) is 82.6 cm³/mol. The van der Waals surface area contributed by atoms with E-state index in [9.17, 15) is 9.18 Å². The molecule has 3 N–H and O–H groups in total. The molecule has 0 fully saturated rings. The highest BCUT2D eigenvalue weighted by Gasteiger charge is 2.19. The highest BCUT2D eigenvalue weighted by Crippen LogP contribution is 2.27. The first-order chi connectivity index (χ1) is 9.95. The van der Waals surface area contributed by atoms with Crippen molar-refractivity contribution in [1.29, 1.82) is 0 Å². The largest absolute Gasteiger partial charge is 0.374 e. The number of hydrogen-bond donors (Lipinski definition) is 2. The summed E-state index contributed by atoms with van der Waals surface area (Å²) in [5.74, 6) is -0.416. The Hall–Kier alpha value is -1.67. The SMILES string of the molecule is CC(Sc1nnc(N)s1)C(=O)NC(C)c1ccc(F)cc1. The van der Waals surface area contributed by atoms with E-state index in [1.54, 1.807) is 19.1 Å². The van der Waals surface area contributed by atoms with Gasteiger partial charge in [-0.2, -0.15) is 0 Å². The normalized spacial score (nSPS) is 13.7. The molecule has 2 unspecified atom stereocenters. The van der Waals surface area contributed by atoms with E-state index in [1.165, 1.54) is 35.2 Å². The number of anilines is 1. The summed E-state index contributed by atoms with van der Waals surface area (Å²) in [5, 5.41) is 10.5. The first kappa shape index (κ1) is 15.7. The quantitative estimate of drug-likeness (QED) is 0.826. The summed E-state index contributed by atoms with van der Waals surface area (Å²) in [7, 11) is 0. The standard InChI is InChI=1S/C13H15FN4OS2/c1-7(9-3-5-10(14)6-4-9)16-11(19)8(2)20-13-18-17-12(15)21-13/h3-8H,1-2H3,(H2,15,17)(H,16,19). The highest BCUT2D eigenvalue weighted by molar-refractivity contribution is 8.02. The third kappa shape index (κ3) is 4.40. The van der Waals surface area contributed by atoms with Gasteiger partial charge in [0.05, 0.1) is 11.3 Å². The zero-order valence-corrected chi connectivity index (χ0v) is 13.2. The van der Waals surface area contributed by atoms with Crippen LogP contribution >= 0.6 is 23.1 Å². The van der Waals surface area contributed by atoms with Gasteiger partial charge in [0.2, 0.25) is 11.0 Å². The molecule has 0 aliphatic carbocycles. The van der Waals surface area contributed by atoms with Gasteiger partial charge >= 0.3 is 0 Å². The average molecular weight is 326 g/mol. The minimum absolute atomic E-state index is 0.120. The predicted octanol–water partition coefficient (Wildman–Crippen LogP) is 2.62. The summed E-state index contributed by atoms with van der Waals surface area (Å²) < 4.78 is 13.5. The van der Waals surface area contributed by atoms with Gasteiger partial charge in [-0.25, -0.2) is 4.39 Å². The first-order valence-electron chi connectivity index (χ1n) is 6.27. The minimum atomic E-state index is -0.319. The van der Waals surface area contributed by atoms with Gasteiger partial charge in [0, 0.05) is 0 Å². The Labute approximate surface area is 130 Å². The fourth-order valence-corrected chi connectivity index (χ4v) is 3.43. The molecule has 0 aliphatic heterocycles. The molecule has 1 aromatic carbocycles. The van der Waals surface area contributed by atoms with Crippen molar-refractivity contribution >= 4 is 34.1 Å². The molecular weight excluding hydrogens is 311 g/mol. The number of carbonyl (C=O) groups is 1. The second kappa shape index (κ2) is 6.86. The smallest absolute Gasteiger partial charge is 0.233 e. The van der Waals surface area contributed by atoms with E-state index in [0.29, 0.717) is 9.47 Å². The molecule has 0 spiro atoms. The van der Waals surface area contributed by atoms with E-state index in [0.717, 1.165) is 5.56 Å². The molecule has 2 atom stereocenters. The van der Waals surface area contributed by atoms with Crippen molar-refractivity contribution < 1.29 is 9.18 Å². The lowest BCUT2D eigenvalue weighted by Crippen LogP contribution is -2.33. The number of halogens is 1. The fourth-order valence-electron chi connectivity index (χ4n) is 1.64. The summed E-state index contributed by atoms with van der Waals surface area (Å²) in [6.45, 7) is 3.64. The molecule has 1 heterocycles. The van der Waals surface area contributed by atoms with Crippen LogP contribution in [0.5, 0.6) is 0 Å². The van der Waals surface area contributed by atoms with E-state index < -0.39 is 0 Å². The molecule has 0 bridgehead atoms. The van der Waals surface area contributed by atoms with Crippen LogP contribution in [0.15, 0.2) is 28.6 Å². The first-order valence-corrected chi connectivity index (χ1v) is 7.97. The zero-order valence-electron chi connectivity index (χ0n) is 11.5. The monoisotopic (exact) mass is 326 g/mol. The second-order valence-electron chi connectivity index (χ2n) is 4.45. The van der Waals surface area contributed by atoms with Crippen molar-refractivity contribution in [1.82, 2.24) is 15.5 Å². The second-order valence-corrected chi connectivity index (χ2v) is 7.05. The molecule has 1 amide bonds. The molecule has 0 saturated carbocycles. The molecule has 21 heavy (non-hydrogen) atoms. The van der Waals surface area contributed by atoms with Crippen molar-refractivity contribution in [3.8, 4) is 0 Å². The number of aromatic nitrogens is 2. The Bertz CT molecular complexity index is 617. The fraction of sp³-hybridized carbons (Fsp3) is 0.308. The Morgan fingerprint density at radius 1 is 1.33 bits per heavy atom. The summed E-state index contributed by atoms with van der Waals surface area (Å²) in [5.41, 5.74) is 6.35. The topological polar surface area (TPSA) is 80.9 Å². The van der Waals surface area contributed by atoms with E-state index in [1.807, 2.05) is 6.92 Å². The van der Waals surface area contributed by atoms with Crippen molar-refractivity contribution in [3.63, 3.8) is 0 Å². The van der Waals surface area contributed by atoms with Gasteiger partial charge in [0.1, 0.15) is 5.82 Å². The van der Waals surface area contributed by atoms with Crippen LogP contribution in [0.25, 0.3) is 0 Å². The molecule has 0 radical (unpaired) electrons. The number of nitrogens with two attached hydrogens (primary N) is 1. The Balaban J connectivity index is 1.92. The Morgan fingerprint density at radius 2 is 2.00 bits per heavy atom. The lowest BCUT2D eigenvalue weighted by Gasteiger charge is -2.17. The molecular formula is C13H15FN4OS2. The van der Waals surface area contributed by atoms with Crippen LogP contribution in [0.4, 0.5) is 9.52 Å². The van der Waals surface area contributed by atoms with Gasteiger partial charge in [-0.15, -0.1) is 10.2 Å². The van der Waals surface area contributed by atoms with Crippen LogP contribution in [-0.2, 0) is 4.79 Å². The lowest BCUT2D eigenvalue weighted by molar-refractivity contribution is -0.120. The van der Waals surface area contributed by atoms with Crippen LogP contribution < -0.4 is 11.1 Å². The van der Waals surface area contributed by atoms with Crippen molar-refractivity contribution in [2.24, 2.45) is 0 Å². The maximum absolute atomic E-state index is 12.9. The van der Waals surface area contributed by atoms with Crippen molar-refractivity contribution in [2.75, 3.05) is 5.73 Å². The van der Waals surface area contributed by atoms with Crippen molar-refractivity contribution in [3.05, 3.63) is 35.6 Å². The van der Waals surface area contributed by atoms with Gasteiger partial charge < -0.3 is 11.1 Å². The lowest BCUT2D eigenvalue weighted by atomic mass is 10.1. The molecule has 0 saturated heterocycles. The molecule has 112 valence electrons. The maximum atomic E-state index is 12.9. The zero-order chi connectivity index (χ0) is 15.4. The number of thioether (sulfide) groups is 1. The van der Waals surface area contributed by atoms with Crippen LogP contribution in [0, 0.1) is 5.82 Å². The van der Waals surface area contributed by atoms with E-state index in [-0.39, 0.29) is 23.0 Å². The van der Waals surface area contributed by atoms with E-state index in [4.69, 9.17) is 5.73 Å². The molecule has 5 nitrogen and oxygen atoms in total. The van der Waals surface area contributed by atoms with E-state index >= 15 is 0 Å². The van der Waals surface area contributed by atoms with Crippen molar-refractivity contribution in [2.45, 2.75) is 29.5 Å². The third-order valence-electron chi connectivity index (χ3n) is 2.80. The summed E-state index contributed by atoms with van der Waals surface area (Å²) in [6, 6.07) is 5.87. The van der Waals surface area contributed by atoms with Gasteiger partial charge in [-0.3, -0.25) is 4.79 Å². The van der Waals surface area contributed by atoms with Crippen LogP contribution in [0.1, 0.15) is 25.5 Å². The van der Waals surface area contributed by atoms with Gasteiger partial charge in [0.15, 0.2) is 4.34 Å². The number of benzene rings is 1. The highest BCUT2D eigenvalue weighted by atomic mass is 32.2. The molecule has 8 heteroatoms. The number of amides is 1. The molecule has 2 rings (SSSR count). The third-order valence-corrected chi connectivity index (χ3v) is 4.73. The number of nitrogens with zero attached hydrogens (tertiary/aromatic N) is 2. The number of carbonyl (C=O) groups excluding carboxylic acids is 1. The minimum Gasteiger partial charge on any atom is -0.374 e. The Morgan fingerprint density at radius 3 is 2.57 bits per heavy atom. The molecule has 0 aliphatic rings. The summed E-state index contributed by atoms with van der Waals surface area (Å²) >= 11 is 2.55.